The summed E-state index contributed by atoms with van der Waals surface area (Å²) in [6.45, 7) is 12.5. The Kier molecular flexibility index (Phi) is 20.8. The second-order valence-corrected chi connectivity index (χ2v) is 26.1. The molecule has 2 aliphatic rings. The molecule has 2 aliphatic heterocycles. The fourth-order valence-corrected chi connectivity index (χ4v) is 17.4. The lowest BCUT2D eigenvalue weighted by Crippen LogP contribution is -2.34. The van der Waals surface area contributed by atoms with Crippen molar-refractivity contribution in [2.45, 2.75) is 173 Å². The Hall–Kier alpha value is -3.76. The van der Waals surface area contributed by atoms with Gasteiger partial charge in [-0.3, -0.25) is 23.9 Å². The second kappa shape index (κ2) is 27.3. The van der Waals surface area contributed by atoms with E-state index < -0.39 is 0 Å². The number of carbonyl (C=O) groups is 2. The Morgan fingerprint density at radius 3 is 1.82 bits per heavy atom. The lowest BCUT2D eigenvalue weighted by Gasteiger charge is -2.33. The molecule has 2 aromatic carbocycles. The number of thiazole rings is 1. The molecule has 0 aliphatic carbocycles. The number of anilines is 2. The zero-order valence-corrected chi connectivity index (χ0v) is 49.0. The standard InChI is InChI=1S/C59H71N3O4S7/c1-6-11-15-19-25-40-34-50(69-48(40)37-52-56(64)62(38-66-39-63)58(72-52)55-57(65)60(10-5)59(67)73-55)53-43(27-21-17-13-8-3)36-51(71-53)54-42(26-20-16-12-7-2)35-47(70-54)41-30-31-45-49(33-41)68-46-29-23-22-28-44(46)61(45)32-24-18-14-9-4/h22-23,28-31,33-37,39H,6-21,24-27,32,38H2,1-5H3. The zero-order chi connectivity index (χ0) is 51.3. The average molecular weight is 1110 g/mol. The van der Waals surface area contributed by atoms with Crippen molar-refractivity contribution in [2.75, 3.05) is 18.0 Å². The van der Waals surface area contributed by atoms with Crippen LogP contribution >= 0.6 is 81.1 Å². The Morgan fingerprint density at radius 2 is 1.18 bits per heavy atom. The summed E-state index contributed by atoms with van der Waals surface area (Å²) in [5.74, 6) is -0.227. The third-order valence-electron chi connectivity index (χ3n) is 13.8. The van der Waals surface area contributed by atoms with Crippen LogP contribution in [0, 0.1) is 0 Å². The topological polar surface area (TPSA) is 71.8 Å². The molecule has 73 heavy (non-hydrogen) atoms. The predicted octanol–water partition coefficient (Wildman–Crippen LogP) is 16.6. The number of fused-ring (bicyclic) bond motifs is 2. The predicted molar refractivity (Wildman–Crippen MR) is 321 cm³/mol. The maximum absolute atomic E-state index is 14.3. The van der Waals surface area contributed by atoms with Crippen LogP contribution < -0.4 is 19.7 Å². The molecule has 0 unspecified atom stereocenters. The lowest BCUT2D eigenvalue weighted by molar-refractivity contribution is -0.132. The molecular weight excluding hydrogens is 1040 g/mol. The van der Waals surface area contributed by atoms with E-state index in [9.17, 15) is 14.4 Å². The van der Waals surface area contributed by atoms with Crippen molar-refractivity contribution in [1.29, 1.82) is 0 Å². The first-order valence-electron chi connectivity index (χ1n) is 26.8. The average Bonchev–Trinajstić information content (AvgIpc) is 4.23. The molecule has 0 N–H and O–H groups in total. The summed E-state index contributed by atoms with van der Waals surface area (Å²) >= 11 is 15.6. The van der Waals surface area contributed by atoms with Crippen molar-refractivity contribution >= 4 is 120 Å². The van der Waals surface area contributed by atoms with Gasteiger partial charge in [-0.05, 0) is 123 Å². The number of aryl methyl sites for hydroxylation is 3. The van der Waals surface area contributed by atoms with E-state index in [1.807, 2.05) is 47.4 Å². The van der Waals surface area contributed by atoms with Gasteiger partial charge in [0, 0.05) is 52.1 Å². The summed E-state index contributed by atoms with van der Waals surface area (Å²) in [6.07, 6.45) is 24.2. The molecule has 4 aromatic heterocycles. The highest BCUT2D eigenvalue weighted by molar-refractivity contribution is 8.30. The summed E-state index contributed by atoms with van der Waals surface area (Å²) in [5, 5.41) is 0. The number of amides is 1. The summed E-state index contributed by atoms with van der Waals surface area (Å²) in [6, 6.07) is 23.5. The maximum Gasteiger partial charge on any atom is 0.294 e. The molecule has 14 heteroatoms. The van der Waals surface area contributed by atoms with E-state index in [2.05, 4.69) is 93.3 Å². The molecule has 1 saturated heterocycles. The van der Waals surface area contributed by atoms with E-state index in [-0.39, 0.29) is 18.2 Å². The lowest BCUT2D eigenvalue weighted by atomic mass is 10.0. The number of carbonyl (C=O) groups excluding carboxylic acids is 2. The van der Waals surface area contributed by atoms with Gasteiger partial charge >= 0.3 is 0 Å². The number of aromatic nitrogens is 1. The van der Waals surface area contributed by atoms with Crippen molar-refractivity contribution in [3.8, 4) is 29.9 Å². The van der Waals surface area contributed by atoms with Crippen molar-refractivity contribution < 1.29 is 14.3 Å². The molecular formula is C59H71N3O4S7. The number of unbranched alkanes of at least 4 members (excludes halogenated alkanes) is 12. The molecule has 6 aromatic rings. The Morgan fingerprint density at radius 1 is 0.589 bits per heavy atom. The van der Waals surface area contributed by atoms with Crippen LogP contribution in [-0.2, 0) is 40.3 Å². The fourth-order valence-electron chi connectivity index (χ4n) is 9.75. The summed E-state index contributed by atoms with van der Waals surface area (Å²) < 4.78 is 7.99. The van der Waals surface area contributed by atoms with Gasteiger partial charge in [-0.15, -0.1) is 45.3 Å². The minimum Gasteiger partial charge on any atom is -0.446 e. The van der Waals surface area contributed by atoms with Gasteiger partial charge in [-0.25, -0.2) is 0 Å². The Balaban J connectivity index is 1.21. The maximum atomic E-state index is 14.3. The van der Waals surface area contributed by atoms with Gasteiger partial charge in [0.25, 0.3) is 17.9 Å². The fraction of sp³-hybridized carbons (Fsp3) is 0.458. The molecule has 7 nitrogen and oxygen atoms in total. The second-order valence-electron chi connectivity index (χ2n) is 19.1. The molecule has 0 atom stereocenters. The minimum absolute atomic E-state index is 0.227. The van der Waals surface area contributed by atoms with Gasteiger partial charge < -0.3 is 9.64 Å². The van der Waals surface area contributed by atoms with Crippen LogP contribution in [0.15, 0.2) is 75.2 Å². The number of hydrogen-bond acceptors (Lipinski definition) is 12. The zero-order valence-electron chi connectivity index (χ0n) is 43.3. The Bertz CT molecular complexity index is 3050. The number of rotatable bonds is 28. The molecule has 0 saturated carbocycles. The molecule has 8 rings (SSSR count). The summed E-state index contributed by atoms with van der Waals surface area (Å²) in [7, 11) is 0. The van der Waals surface area contributed by atoms with Gasteiger partial charge in [-0.1, -0.05) is 159 Å². The van der Waals surface area contributed by atoms with Crippen LogP contribution in [0.3, 0.4) is 0 Å². The van der Waals surface area contributed by atoms with Crippen molar-refractivity contribution in [2.24, 2.45) is 0 Å². The highest BCUT2D eigenvalue weighted by Crippen LogP contribution is 2.52. The highest BCUT2D eigenvalue weighted by atomic mass is 32.2. The van der Waals surface area contributed by atoms with Gasteiger partial charge in [0.15, 0.2) is 6.73 Å². The molecule has 1 amide bonds. The molecule has 0 spiro atoms. The first kappa shape index (κ1) is 55.5. The number of thiophene rings is 3. The van der Waals surface area contributed by atoms with Crippen LogP contribution in [0.2, 0.25) is 0 Å². The van der Waals surface area contributed by atoms with Crippen LogP contribution in [0.25, 0.3) is 40.9 Å². The van der Waals surface area contributed by atoms with E-state index in [0.717, 1.165) is 56.4 Å². The van der Waals surface area contributed by atoms with E-state index in [1.54, 1.807) is 16.2 Å². The monoisotopic (exact) mass is 1110 g/mol. The molecule has 0 radical (unpaired) electrons. The number of thiocarbonyl (C=S) groups is 1. The number of para-hydroxylation sites is 1. The smallest absolute Gasteiger partial charge is 0.294 e. The van der Waals surface area contributed by atoms with E-state index in [0.29, 0.717) is 31.4 Å². The quantitative estimate of drug-likeness (QED) is 0.0273. The van der Waals surface area contributed by atoms with Crippen LogP contribution in [-0.4, -0.2) is 39.3 Å². The van der Waals surface area contributed by atoms with Crippen LogP contribution in [0.5, 0.6) is 0 Å². The Labute approximate surface area is 463 Å². The molecule has 6 heterocycles. The third-order valence-corrected chi connectivity index (χ3v) is 21.5. The van der Waals surface area contributed by atoms with Crippen molar-refractivity contribution in [1.82, 2.24) is 9.47 Å². The normalized spacial score (nSPS) is 14.5. The number of nitrogens with zero attached hydrogens (tertiary/aromatic N) is 3. The number of thioether (sulfide) groups is 1. The van der Waals surface area contributed by atoms with Crippen LogP contribution in [0.4, 0.5) is 11.4 Å². The van der Waals surface area contributed by atoms with E-state index >= 15 is 0 Å². The van der Waals surface area contributed by atoms with Gasteiger partial charge in [0.2, 0.25) is 0 Å². The number of hydrogen-bond donors (Lipinski definition) is 0. The van der Waals surface area contributed by atoms with Crippen molar-refractivity contribution in [3.05, 3.63) is 102 Å². The van der Waals surface area contributed by atoms with Crippen LogP contribution in [0.1, 0.15) is 159 Å². The van der Waals surface area contributed by atoms with Gasteiger partial charge in [0.1, 0.15) is 13.9 Å². The molecule has 1 fully saturated rings. The van der Waals surface area contributed by atoms with E-state index in [1.165, 1.54) is 173 Å². The minimum atomic E-state index is -0.285. The van der Waals surface area contributed by atoms with Gasteiger partial charge in [0.05, 0.1) is 15.9 Å². The van der Waals surface area contributed by atoms with Gasteiger partial charge in [-0.2, -0.15) is 0 Å². The molecule has 388 valence electrons. The summed E-state index contributed by atoms with van der Waals surface area (Å²) in [5.41, 5.74) is 7.76. The first-order chi connectivity index (χ1) is 35.7. The van der Waals surface area contributed by atoms with Crippen molar-refractivity contribution in [3.63, 3.8) is 0 Å². The largest absolute Gasteiger partial charge is 0.446 e. The summed E-state index contributed by atoms with van der Waals surface area (Å²) in [4.78, 5) is 54.1. The third kappa shape index (κ3) is 13.3. The number of benzene rings is 2. The SMILES string of the molecule is CCCCCCc1cc(-c2sc(-c3sc(-c4ccc5c(c4)Sc4ccccc4N5CCCCCC)cc3CCCCCC)cc2CCCCCC)sc1C=c1sc(=C2SC(=S)N(CC)C2=O)n(COC=O)c1=O. The van der Waals surface area contributed by atoms with E-state index in [4.69, 9.17) is 17.0 Å². The number of ether oxygens (including phenoxy) is 1. The molecule has 0 bridgehead atoms. The highest BCUT2D eigenvalue weighted by Gasteiger charge is 2.33. The first-order valence-corrected chi connectivity index (χ1v) is 32.1.